The highest BCUT2D eigenvalue weighted by Gasteiger charge is 2.32. The lowest BCUT2D eigenvalue weighted by atomic mass is 9.93. The van der Waals surface area contributed by atoms with Gasteiger partial charge < -0.3 is 10.2 Å². The lowest BCUT2D eigenvalue weighted by Crippen LogP contribution is -2.46. The zero-order valence-corrected chi connectivity index (χ0v) is 8.91. The van der Waals surface area contributed by atoms with Gasteiger partial charge in [0.1, 0.15) is 0 Å². The number of hydrogen-bond acceptors (Lipinski definition) is 4. The summed E-state index contributed by atoms with van der Waals surface area (Å²) in [5.41, 5.74) is 0. The van der Waals surface area contributed by atoms with Crippen molar-refractivity contribution in [3.8, 4) is 0 Å². The lowest BCUT2D eigenvalue weighted by Gasteiger charge is -2.36. The summed E-state index contributed by atoms with van der Waals surface area (Å²) in [7, 11) is -3.37. The second-order valence-electron chi connectivity index (χ2n) is 3.46. The van der Waals surface area contributed by atoms with Crippen molar-refractivity contribution in [2.24, 2.45) is 0 Å². The average Bonchev–Trinajstić information content (AvgIpc) is 2.00. The zero-order valence-electron chi connectivity index (χ0n) is 8.09. The molecular weight excluding hydrogens is 206 g/mol. The number of nitrogens with zero attached hydrogens (tertiary/aromatic N) is 1. The van der Waals surface area contributed by atoms with Crippen LogP contribution in [0.2, 0.25) is 0 Å². The van der Waals surface area contributed by atoms with E-state index in [1.165, 1.54) is 4.31 Å². The summed E-state index contributed by atoms with van der Waals surface area (Å²) in [6, 6.07) is 0.0405. The summed E-state index contributed by atoms with van der Waals surface area (Å²) in [6.07, 6.45) is 2.77. The predicted molar refractivity (Wildman–Crippen MR) is 52.3 cm³/mol. The number of hydrogen-bond donors (Lipinski definition) is 2. The summed E-state index contributed by atoms with van der Waals surface area (Å²) >= 11 is 0. The molecule has 1 rings (SSSR count). The lowest BCUT2D eigenvalue weighted by molar-refractivity contribution is 0.177. The fraction of sp³-hybridized carbons (Fsp3) is 1.00. The van der Waals surface area contributed by atoms with Crippen molar-refractivity contribution in [3.05, 3.63) is 0 Å². The third kappa shape index (κ3) is 2.66. The first-order chi connectivity index (χ1) is 6.61. The van der Waals surface area contributed by atoms with Crippen LogP contribution < -0.4 is 0 Å². The number of aliphatic hydroxyl groups is 2. The molecule has 0 spiro atoms. The summed E-state index contributed by atoms with van der Waals surface area (Å²) in [6.45, 7) is -0.384. The van der Waals surface area contributed by atoms with Gasteiger partial charge in [-0.15, -0.1) is 0 Å². The Morgan fingerprint density at radius 1 is 1.21 bits per heavy atom. The molecule has 1 saturated carbocycles. The molecular formula is C8H17NO4S. The van der Waals surface area contributed by atoms with Crippen LogP contribution >= 0.6 is 0 Å². The topological polar surface area (TPSA) is 77.8 Å². The van der Waals surface area contributed by atoms with Gasteiger partial charge in [-0.25, -0.2) is 8.42 Å². The molecule has 14 heavy (non-hydrogen) atoms. The van der Waals surface area contributed by atoms with Crippen LogP contribution in [0, 0.1) is 0 Å². The van der Waals surface area contributed by atoms with Gasteiger partial charge >= 0.3 is 0 Å². The zero-order chi connectivity index (χ0) is 10.6. The molecule has 1 aliphatic carbocycles. The molecule has 0 unspecified atom stereocenters. The van der Waals surface area contributed by atoms with E-state index in [0.29, 0.717) is 0 Å². The predicted octanol–water partition coefficient (Wildman–Crippen LogP) is -0.845. The molecule has 0 radical (unpaired) electrons. The van der Waals surface area contributed by atoms with E-state index in [2.05, 4.69) is 0 Å². The van der Waals surface area contributed by atoms with Gasteiger partial charge in [0.2, 0.25) is 10.0 Å². The molecule has 1 fully saturated rings. The van der Waals surface area contributed by atoms with Gasteiger partial charge in [-0.05, 0) is 12.8 Å². The van der Waals surface area contributed by atoms with E-state index in [-0.39, 0.29) is 31.6 Å². The standard InChI is InChI=1S/C8H17NO4S/c10-5-4-9(8-2-1-3-8)14(12,13)7-6-11/h8,10-11H,1-7H2. The van der Waals surface area contributed by atoms with E-state index in [4.69, 9.17) is 10.2 Å². The summed E-state index contributed by atoms with van der Waals surface area (Å²) < 4.78 is 24.5. The highest BCUT2D eigenvalue weighted by atomic mass is 32.2. The van der Waals surface area contributed by atoms with Crippen molar-refractivity contribution >= 4 is 10.0 Å². The smallest absolute Gasteiger partial charge is 0.216 e. The Hall–Kier alpha value is -0.170. The normalized spacial score (nSPS) is 18.5. The molecule has 84 valence electrons. The Labute approximate surface area is 84.4 Å². The van der Waals surface area contributed by atoms with Crippen LogP contribution in [0.4, 0.5) is 0 Å². The number of rotatable bonds is 6. The minimum atomic E-state index is -3.37. The van der Waals surface area contributed by atoms with Gasteiger partial charge in [0, 0.05) is 12.6 Å². The number of sulfonamides is 1. The molecule has 0 amide bonds. The first kappa shape index (κ1) is 11.9. The second-order valence-corrected chi connectivity index (χ2v) is 5.50. The van der Waals surface area contributed by atoms with Crippen molar-refractivity contribution in [1.29, 1.82) is 0 Å². The largest absolute Gasteiger partial charge is 0.395 e. The van der Waals surface area contributed by atoms with Gasteiger partial charge in [-0.2, -0.15) is 4.31 Å². The Morgan fingerprint density at radius 2 is 1.86 bits per heavy atom. The van der Waals surface area contributed by atoms with Crippen LogP contribution in [-0.4, -0.2) is 54.5 Å². The van der Waals surface area contributed by atoms with Gasteiger partial charge in [0.25, 0.3) is 0 Å². The Bertz CT molecular complexity index is 261. The Balaban J connectivity index is 2.65. The molecule has 6 heteroatoms. The van der Waals surface area contributed by atoms with Crippen LogP contribution in [0.5, 0.6) is 0 Å². The minimum Gasteiger partial charge on any atom is -0.395 e. The summed E-state index contributed by atoms with van der Waals surface area (Å²) in [5, 5.41) is 17.4. The van der Waals surface area contributed by atoms with Crippen LogP contribution in [-0.2, 0) is 10.0 Å². The van der Waals surface area contributed by atoms with E-state index in [1.807, 2.05) is 0 Å². The molecule has 0 aliphatic heterocycles. The first-order valence-electron chi connectivity index (χ1n) is 4.83. The molecule has 0 bridgehead atoms. The van der Waals surface area contributed by atoms with E-state index >= 15 is 0 Å². The quantitative estimate of drug-likeness (QED) is 0.615. The molecule has 1 aliphatic rings. The molecule has 2 N–H and O–H groups in total. The van der Waals surface area contributed by atoms with Crippen LogP contribution in [0.15, 0.2) is 0 Å². The van der Waals surface area contributed by atoms with E-state index in [1.54, 1.807) is 0 Å². The van der Waals surface area contributed by atoms with Crippen molar-refractivity contribution < 1.29 is 18.6 Å². The minimum absolute atomic E-state index is 0.0405. The molecule has 0 aromatic rings. The van der Waals surface area contributed by atoms with Gasteiger partial charge in [0.05, 0.1) is 19.0 Å². The Morgan fingerprint density at radius 3 is 2.21 bits per heavy atom. The van der Waals surface area contributed by atoms with E-state index in [9.17, 15) is 8.42 Å². The molecule has 0 aromatic carbocycles. The molecule has 5 nitrogen and oxygen atoms in total. The number of aliphatic hydroxyl groups excluding tert-OH is 2. The van der Waals surface area contributed by atoms with Crippen molar-refractivity contribution in [2.75, 3.05) is 25.5 Å². The second kappa shape index (κ2) is 5.06. The van der Waals surface area contributed by atoms with Crippen molar-refractivity contribution in [2.45, 2.75) is 25.3 Å². The van der Waals surface area contributed by atoms with Crippen molar-refractivity contribution in [3.63, 3.8) is 0 Å². The SMILES string of the molecule is O=S(=O)(CCO)N(CCO)C1CCC1. The van der Waals surface area contributed by atoms with Crippen LogP contribution in [0.3, 0.4) is 0 Å². The van der Waals surface area contributed by atoms with Crippen LogP contribution in [0.1, 0.15) is 19.3 Å². The summed E-state index contributed by atoms with van der Waals surface area (Å²) in [5.74, 6) is -0.247. The Kier molecular flexibility index (Phi) is 4.31. The molecule has 0 aromatic heterocycles. The highest BCUT2D eigenvalue weighted by molar-refractivity contribution is 7.89. The van der Waals surface area contributed by atoms with Crippen LogP contribution in [0.25, 0.3) is 0 Å². The molecule has 0 saturated heterocycles. The maximum Gasteiger partial charge on any atom is 0.216 e. The van der Waals surface area contributed by atoms with Crippen molar-refractivity contribution in [1.82, 2.24) is 4.31 Å². The fourth-order valence-corrected chi connectivity index (χ4v) is 3.04. The maximum absolute atomic E-state index is 11.6. The van der Waals surface area contributed by atoms with E-state index < -0.39 is 10.0 Å². The van der Waals surface area contributed by atoms with Gasteiger partial charge in [-0.1, -0.05) is 6.42 Å². The van der Waals surface area contributed by atoms with Gasteiger partial charge in [0.15, 0.2) is 0 Å². The maximum atomic E-state index is 11.6. The highest BCUT2D eigenvalue weighted by Crippen LogP contribution is 2.26. The van der Waals surface area contributed by atoms with E-state index in [0.717, 1.165) is 19.3 Å². The third-order valence-electron chi connectivity index (χ3n) is 2.51. The molecule has 0 heterocycles. The third-order valence-corrected chi connectivity index (χ3v) is 4.40. The first-order valence-corrected chi connectivity index (χ1v) is 6.44. The summed E-state index contributed by atoms with van der Waals surface area (Å²) in [4.78, 5) is 0. The molecule has 0 atom stereocenters. The average molecular weight is 223 g/mol. The van der Waals surface area contributed by atoms with Gasteiger partial charge in [-0.3, -0.25) is 0 Å². The monoisotopic (exact) mass is 223 g/mol. The fourth-order valence-electron chi connectivity index (χ4n) is 1.55.